The molecule has 4 aromatic heterocycles. The van der Waals surface area contributed by atoms with Gasteiger partial charge in [0.2, 0.25) is 9.84 Å². The van der Waals surface area contributed by atoms with Gasteiger partial charge in [-0.1, -0.05) is 5.04 Å². The van der Waals surface area contributed by atoms with Crippen LogP contribution in [0.5, 0.6) is 0 Å². The summed E-state index contributed by atoms with van der Waals surface area (Å²) in [4.78, 5) is 66.5. The molecule has 1 aliphatic heterocycles. The van der Waals surface area contributed by atoms with Gasteiger partial charge < -0.3 is 0 Å². The highest BCUT2D eigenvalue weighted by Crippen LogP contribution is 2.55. The fourth-order valence-corrected chi connectivity index (χ4v) is 12.0. The van der Waals surface area contributed by atoms with Crippen LogP contribution in [0.2, 0.25) is 0 Å². The van der Waals surface area contributed by atoms with Crippen LogP contribution < -0.4 is 27.0 Å². The van der Waals surface area contributed by atoms with Crippen LogP contribution in [0.3, 0.4) is 0 Å². The Labute approximate surface area is 306 Å². The normalized spacial score (nSPS) is 19.1. The Kier molecular flexibility index (Phi) is 5.51. The summed E-state index contributed by atoms with van der Waals surface area (Å²) in [6.45, 7) is 0. The Morgan fingerprint density at radius 1 is 0.800 bits per heavy atom. The molecule has 2 unspecified atom stereocenters. The van der Waals surface area contributed by atoms with Crippen molar-refractivity contribution >= 4 is 110 Å². The van der Waals surface area contributed by atoms with Crippen LogP contribution in [-0.4, -0.2) is 51.2 Å². The number of sulfone groups is 1. The van der Waals surface area contributed by atoms with Gasteiger partial charge in [-0.05, 0) is 77.2 Å². The number of Topliss-reactive ketones (excluding diaryl/α,β-unsaturated/α-hetero) is 1. The second-order valence-corrected chi connectivity index (χ2v) is 17.8. The van der Waals surface area contributed by atoms with E-state index in [1.54, 1.807) is 18.2 Å². The Hall–Kier alpha value is -5.93. The quantitative estimate of drug-likeness (QED) is 0.112. The van der Waals surface area contributed by atoms with E-state index in [-0.39, 0.29) is 80.8 Å². The van der Waals surface area contributed by atoms with Crippen LogP contribution in [0, 0.1) is 0 Å². The maximum Gasteiger partial charge on any atom is 0.294 e. The number of benzene rings is 4. The lowest BCUT2D eigenvalue weighted by atomic mass is 9.64. The summed E-state index contributed by atoms with van der Waals surface area (Å²) in [5.74, 6) is -3.00. The number of rotatable bonds is 4. The maximum atomic E-state index is 14.8. The van der Waals surface area contributed by atoms with E-state index in [1.807, 2.05) is 0 Å². The van der Waals surface area contributed by atoms with Gasteiger partial charge in [0.25, 0.3) is 21.2 Å². The number of aromatic nitrogens is 4. The fourth-order valence-electron chi connectivity index (χ4n) is 9.30. The summed E-state index contributed by atoms with van der Waals surface area (Å²) in [5, 5.41) is 13.1. The molecule has 0 amide bonds. The number of fused-ring (bicyclic) bond motifs is 9. The van der Waals surface area contributed by atoms with Crippen molar-refractivity contribution in [3.05, 3.63) is 111 Å². The molecule has 4 aromatic carbocycles. The molecule has 0 saturated carbocycles. The zero-order valence-electron chi connectivity index (χ0n) is 26.9. The molecule has 2 atom stereocenters. The summed E-state index contributed by atoms with van der Waals surface area (Å²) >= 11 is 0.656. The van der Waals surface area contributed by atoms with E-state index in [0.29, 0.717) is 33.5 Å². The zero-order chi connectivity index (χ0) is 37.8. The number of pyridine rings is 2. The molecule has 5 heterocycles. The molecule has 12 rings (SSSR count). The third-order valence-corrected chi connectivity index (χ3v) is 14.5. The largest absolute Gasteiger partial charge is 0.294 e. The molecule has 3 aliphatic carbocycles. The predicted molar refractivity (Wildman–Crippen MR) is 195 cm³/mol. The first-order chi connectivity index (χ1) is 26.3. The van der Waals surface area contributed by atoms with E-state index >= 15 is 0 Å². The smallest absolute Gasteiger partial charge is 0.294 e. The summed E-state index contributed by atoms with van der Waals surface area (Å²) < 4.78 is 70.2. The van der Waals surface area contributed by atoms with E-state index < -0.39 is 59.0 Å². The van der Waals surface area contributed by atoms with Crippen molar-refractivity contribution in [1.29, 1.82) is 0 Å². The van der Waals surface area contributed by atoms with Crippen LogP contribution in [0.25, 0.3) is 72.6 Å². The first-order valence-corrected chi connectivity index (χ1v) is 19.9. The van der Waals surface area contributed by atoms with E-state index in [1.165, 1.54) is 28.7 Å². The standard InChI is InChI=1S/C36H14N4O12S3/c41-21-7-13-25-16(36(44)39-19-5-11(53-52-51-45)1-3-17(19)37-33(13)39)10-24-30-29-23(54(24,46)47)9-14-26-15(8-22(42)28(32(26)29)27(21)31(25)30)35(43)40-20-6-12(55(48,49)50)2-4-18(20)38-34(14)40/h1-10,28,32,45H,(H,48,49,50). The molecular formula is C36H14N4O12S3. The van der Waals surface area contributed by atoms with Crippen LogP contribution in [0.4, 0.5) is 0 Å². The fraction of sp³-hybridized carbons (Fsp3) is 0.0556. The van der Waals surface area contributed by atoms with Crippen molar-refractivity contribution in [3.8, 4) is 0 Å². The number of carbonyl (C=O) groups excluding carboxylic acids is 1. The second kappa shape index (κ2) is 9.65. The summed E-state index contributed by atoms with van der Waals surface area (Å²) in [6.07, 6.45) is 2.50. The molecule has 16 nitrogen and oxygen atoms in total. The molecule has 19 heteroatoms. The van der Waals surface area contributed by atoms with E-state index in [9.17, 15) is 40.6 Å². The van der Waals surface area contributed by atoms with E-state index in [2.05, 4.69) is 19.3 Å². The molecular weight excluding hydrogens is 777 g/mol. The molecule has 0 fully saturated rings. The van der Waals surface area contributed by atoms with Crippen LogP contribution in [-0.2, 0) is 34.1 Å². The highest BCUT2D eigenvalue weighted by Gasteiger charge is 2.52. The lowest BCUT2D eigenvalue weighted by Crippen LogP contribution is -2.46. The van der Waals surface area contributed by atoms with Gasteiger partial charge in [0.15, 0.2) is 11.2 Å². The number of hydrogen-bond donors (Lipinski definition) is 2. The van der Waals surface area contributed by atoms with Gasteiger partial charge in [0, 0.05) is 43.2 Å². The monoisotopic (exact) mass is 790 g/mol. The van der Waals surface area contributed by atoms with E-state index in [0.717, 1.165) is 22.6 Å². The number of carbonyl (C=O) groups is 1. The maximum absolute atomic E-state index is 14.8. The molecule has 0 saturated heterocycles. The van der Waals surface area contributed by atoms with Gasteiger partial charge in [0.05, 0.1) is 60.1 Å². The number of ketones is 1. The van der Waals surface area contributed by atoms with Gasteiger partial charge >= 0.3 is 0 Å². The first kappa shape index (κ1) is 31.4. The molecule has 8 aromatic rings. The lowest BCUT2D eigenvalue weighted by molar-refractivity contribution is -0.432. The van der Waals surface area contributed by atoms with Crippen molar-refractivity contribution in [2.24, 2.45) is 0 Å². The Balaban J connectivity index is 1.26. The molecule has 4 aliphatic rings. The molecule has 0 radical (unpaired) electrons. The molecule has 0 spiro atoms. The Morgan fingerprint density at radius 3 is 2.29 bits per heavy atom. The van der Waals surface area contributed by atoms with Crippen molar-refractivity contribution in [3.63, 3.8) is 0 Å². The third-order valence-electron chi connectivity index (χ3n) is 11.3. The van der Waals surface area contributed by atoms with Crippen molar-refractivity contribution in [2.75, 3.05) is 0 Å². The van der Waals surface area contributed by atoms with Crippen molar-refractivity contribution in [2.45, 2.75) is 26.5 Å². The molecule has 55 heavy (non-hydrogen) atoms. The summed E-state index contributed by atoms with van der Waals surface area (Å²) in [7, 11) is -9.14. The number of imidazole rings is 2. The second-order valence-electron chi connectivity index (χ2n) is 13.7. The van der Waals surface area contributed by atoms with Gasteiger partial charge in [-0.3, -0.25) is 32.5 Å². The topological polar surface area (TPSA) is 230 Å². The number of allylic oxidation sites excluding steroid dienone is 1. The van der Waals surface area contributed by atoms with Crippen molar-refractivity contribution < 1.29 is 40.8 Å². The molecule has 2 N–H and O–H groups in total. The van der Waals surface area contributed by atoms with Gasteiger partial charge in [-0.15, -0.1) is 4.33 Å². The third kappa shape index (κ3) is 3.53. The highest BCUT2D eigenvalue weighted by molar-refractivity contribution is 7.96. The Morgan fingerprint density at radius 2 is 1.53 bits per heavy atom. The average molecular weight is 791 g/mol. The SMILES string of the molecule is O=C1C=c2c3c(c4nc5ccc(S(=O)(=O)O)cc5n4c2=O)C=C2C4=c5c(cc6c(=O)n7c8cc(SOOO)ccc8nc7c7cc(=O)c(c5c67)C1C43)S2(=O)=O. The predicted octanol–water partition coefficient (Wildman–Crippen LogP) is 1.76. The lowest BCUT2D eigenvalue weighted by Gasteiger charge is -2.37. The van der Waals surface area contributed by atoms with Gasteiger partial charge in [0.1, 0.15) is 11.3 Å². The highest BCUT2D eigenvalue weighted by atomic mass is 32.2. The van der Waals surface area contributed by atoms with Crippen LogP contribution >= 0.6 is 12.0 Å². The van der Waals surface area contributed by atoms with Crippen LogP contribution in [0.1, 0.15) is 28.5 Å². The Bertz CT molecular complexity index is 3910. The summed E-state index contributed by atoms with van der Waals surface area (Å²) in [6, 6.07) is 10.8. The van der Waals surface area contributed by atoms with Crippen molar-refractivity contribution in [1.82, 2.24) is 18.8 Å². The number of hydrogen-bond acceptors (Lipinski definition) is 14. The van der Waals surface area contributed by atoms with E-state index in [4.69, 9.17) is 5.26 Å². The average Bonchev–Trinajstić information content (AvgIpc) is 3.80. The first-order valence-electron chi connectivity index (χ1n) is 16.3. The van der Waals surface area contributed by atoms with Gasteiger partial charge in [-0.2, -0.15) is 8.42 Å². The minimum atomic E-state index is -4.69. The van der Waals surface area contributed by atoms with Crippen LogP contribution in [0.15, 0.2) is 82.5 Å². The molecule has 0 bridgehead atoms. The minimum absolute atomic E-state index is 0.000450. The summed E-state index contributed by atoms with van der Waals surface area (Å²) in [5.41, 5.74) is -0.292. The zero-order valence-corrected chi connectivity index (χ0v) is 29.4. The van der Waals surface area contributed by atoms with Gasteiger partial charge in [-0.25, -0.2) is 23.6 Å². The molecule has 268 valence electrons. The number of nitrogens with zero attached hydrogens (tertiary/aromatic N) is 4. The minimum Gasteiger partial charge on any atom is -0.294 e.